The van der Waals surface area contributed by atoms with Crippen LogP contribution >= 0.6 is 0 Å². The van der Waals surface area contributed by atoms with E-state index < -0.39 is 0 Å². The van der Waals surface area contributed by atoms with Gasteiger partial charge in [-0.2, -0.15) is 5.10 Å². The lowest BCUT2D eigenvalue weighted by Crippen LogP contribution is -2.20. The summed E-state index contributed by atoms with van der Waals surface area (Å²) in [5.41, 5.74) is 4.87. The number of H-pyrrole nitrogens is 1. The Morgan fingerprint density at radius 2 is 1.96 bits per heavy atom. The molecule has 7 nitrogen and oxygen atoms in total. The predicted octanol–water partition coefficient (Wildman–Crippen LogP) is 2.50. The lowest BCUT2D eigenvalue weighted by molar-refractivity contribution is 0.109. The molecule has 7 heteroatoms. The topological polar surface area (TPSA) is 68.8 Å². The summed E-state index contributed by atoms with van der Waals surface area (Å²) in [4.78, 5) is 2.45. The number of ether oxygens (including phenoxy) is 4. The van der Waals surface area contributed by atoms with Gasteiger partial charge in [0.15, 0.2) is 11.5 Å². The standard InChI is InChI=1S/C20H27N3O4/c1-24-17-8-13(9-18(25-2)20(17)26-3)10-23-6-4-14(11-23)19-15-12-27-7-5-16(15)21-22-19/h8-9,14H,4-7,10-12H2,1-3H3,(H,21,22). The minimum atomic E-state index is 0.453. The minimum Gasteiger partial charge on any atom is -0.493 e. The van der Waals surface area contributed by atoms with E-state index in [1.165, 1.54) is 17.0 Å². The SMILES string of the molecule is COc1cc(CN2CCC(c3n[nH]c4c3COCC4)C2)cc(OC)c1OC. The number of rotatable bonds is 6. The van der Waals surface area contributed by atoms with Crippen molar-refractivity contribution in [1.82, 2.24) is 15.1 Å². The molecule has 2 aliphatic heterocycles. The van der Waals surface area contributed by atoms with Gasteiger partial charge >= 0.3 is 0 Å². The van der Waals surface area contributed by atoms with Gasteiger partial charge < -0.3 is 18.9 Å². The third-order valence-corrected chi connectivity index (χ3v) is 5.52. The number of methoxy groups -OCH3 is 3. The number of aromatic amines is 1. The van der Waals surface area contributed by atoms with Crippen LogP contribution in [0, 0.1) is 0 Å². The van der Waals surface area contributed by atoms with E-state index in [4.69, 9.17) is 18.9 Å². The van der Waals surface area contributed by atoms with Crippen molar-refractivity contribution in [2.24, 2.45) is 0 Å². The van der Waals surface area contributed by atoms with Crippen LogP contribution in [0.1, 0.15) is 34.9 Å². The first kappa shape index (κ1) is 18.1. The molecule has 0 aliphatic carbocycles. The number of hydrogen-bond acceptors (Lipinski definition) is 6. The number of fused-ring (bicyclic) bond motifs is 1. The highest BCUT2D eigenvalue weighted by molar-refractivity contribution is 5.53. The summed E-state index contributed by atoms with van der Waals surface area (Å²) in [5, 5.41) is 7.83. The van der Waals surface area contributed by atoms with E-state index >= 15 is 0 Å². The first-order valence-corrected chi connectivity index (χ1v) is 9.38. The van der Waals surface area contributed by atoms with Gasteiger partial charge in [-0.3, -0.25) is 10.00 Å². The van der Waals surface area contributed by atoms with Crippen molar-refractivity contribution in [2.75, 3.05) is 41.0 Å². The van der Waals surface area contributed by atoms with Gasteiger partial charge in [-0.05, 0) is 30.7 Å². The minimum absolute atomic E-state index is 0.453. The van der Waals surface area contributed by atoms with Gasteiger partial charge in [0.1, 0.15) is 0 Å². The molecule has 2 aromatic rings. The summed E-state index contributed by atoms with van der Waals surface area (Å²) < 4.78 is 22.0. The molecule has 0 spiro atoms. The zero-order valence-electron chi connectivity index (χ0n) is 16.2. The van der Waals surface area contributed by atoms with Crippen molar-refractivity contribution >= 4 is 0 Å². The lowest BCUT2D eigenvalue weighted by Gasteiger charge is -2.19. The van der Waals surface area contributed by atoms with Crippen LogP contribution in [-0.4, -0.2) is 56.1 Å². The molecule has 1 aromatic carbocycles. The predicted molar refractivity (Wildman–Crippen MR) is 101 cm³/mol. The summed E-state index contributed by atoms with van der Waals surface area (Å²) in [6, 6.07) is 4.05. The Hall–Kier alpha value is -2.25. The van der Waals surface area contributed by atoms with Crippen molar-refractivity contribution in [3.8, 4) is 17.2 Å². The Labute approximate surface area is 159 Å². The summed E-state index contributed by atoms with van der Waals surface area (Å²) in [6.45, 7) is 4.35. The van der Waals surface area contributed by atoms with Crippen LogP contribution in [0.15, 0.2) is 12.1 Å². The van der Waals surface area contributed by atoms with E-state index in [0.717, 1.165) is 44.6 Å². The molecule has 1 atom stereocenters. The van der Waals surface area contributed by atoms with Crippen LogP contribution < -0.4 is 14.2 Å². The third kappa shape index (κ3) is 3.49. The molecule has 1 saturated heterocycles. The van der Waals surface area contributed by atoms with E-state index in [-0.39, 0.29) is 0 Å². The summed E-state index contributed by atoms with van der Waals surface area (Å²) in [6.07, 6.45) is 2.05. The average molecular weight is 373 g/mol. The van der Waals surface area contributed by atoms with Crippen LogP contribution in [0.2, 0.25) is 0 Å². The second-order valence-corrected chi connectivity index (χ2v) is 7.12. The quantitative estimate of drug-likeness (QED) is 0.839. The van der Waals surface area contributed by atoms with Crippen LogP contribution in [0.3, 0.4) is 0 Å². The molecule has 0 bridgehead atoms. The molecule has 2 aliphatic rings. The molecular formula is C20H27N3O4. The monoisotopic (exact) mass is 373 g/mol. The largest absolute Gasteiger partial charge is 0.493 e. The Bertz CT molecular complexity index is 780. The van der Waals surface area contributed by atoms with E-state index in [9.17, 15) is 0 Å². The van der Waals surface area contributed by atoms with Crippen LogP contribution in [0.25, 0.3) is 0 Å². The number of nitrogens with one attached hydrogen (secondary N) is 1. The average Bonchev–Trinajstić information content (AvgIpc) is 3.33. The number of aromatic nitrogens is 2. The van der Waals surface area contributed by atoms with Gasteiger partial charge in [-0.1, -0.05) is 0 Å². The molecule has 1 N–H and O–H groups in total. The van der Waals surface area contributed by atoms with Crippen molar-refractivity contribution in [2.45, 2.75) is 31.9 Å². The van der Waals surface area contributed by atoms with Crippen LogP contribution in [-0.2, 0) is 24.3 Å². The van der Waals surface area contributed by atoms with Crippen molar-refractivity contribution in [1.29, 1.82) is 0 Å². The fourth-order valence-corrected chi connectivity index (χ4v) is 4.16. The highest BCUT2D eigenvalue weighted by Crippen LogP contribution is 2.39. The molecule has 0 radical (unpaired) electrons. The van der Waals surface area contributed by atoms with Gasteiger partial charge in [0.2, 0.25) is 5.75 Å². The maximum Gasteiger partial charge on any atom is 0.203 e. The van der Waals surface area contributed by atoms with Crippen LogP contribution in [0.5, 0.6) is 17.2 Å². The molecule has 0 amide bonds. The maximum absolute atomic E-state index is 5.64. The molecule has 27 heavy (non-hydrogen) atoms. The Kier molecular flexibility index (Phi) is 5.22. The molecule has 4 rings (SSSR count). The van der Waals surface area contributed by atoms with Gasteiger partial charge in [0.05, 0.1) is 40.2 Å². The molecule has 146 valence electrons. The first-order chi connectivity index (χ1) is 13.2. The van der Waals surface area contributed by atoms with Crippen LogP contribution in [0.4, 0.5) is 0 Å². The first-order valence-electron chi connectivity index (χ1n) is 9.38. The van der Waals surface area contributed by atoms with E-state index in [0.29, 0.717) is 29.8 Å². The highest BCUT2D eigenvalue weighted by atomic mass is 16.5. The summed E-state index contributed by atoms with van der Waals surface area (Å²) >= 11 is 0. The third-order valence-electron chi connectivity index (χ3n) is 5.52. The molecular weight excluding hydrogens is 346 g/mol. The fourth-order valence-electron chi connectivity index (χ4n) is 4.16. The van der Waals surface area contributed by atoms with Crippen molar-refractivity contribution in [3.05, 3.63) is 34.6 Å². The Morgan fingerprint density at radius 1 is 1.19 bits per heavy atom. The maximum atomic E-state index is 5.64. The molecule has 1 fully saturated rings. The Morgan fingerprint density at radius 3 is 2.67 bits per heavy atom. The summed E-state index contributed by atoms with van der Waals surface area (Å²) in [5.74, 6) is 2.47. The van der Waals surface area contributed by atoms with E-state index in [2.05, 4.69) is 15.1 Å². The number of nitrogens with zero attached hydrogens (tertiary/aromatic N) is 2. The smallest absolute Gasteiger partial charge is 0.203 e. The van der Waals surface area contributed by atoms with Crippen molar-refractivity contribution in [3.63, 3.8) is 0 Å². The number of benzene rings is 1. The summed E-state index contributed by atoms with van der Waals surface area (Å²) in [7, 11) is 4.92. The second-order valence-electron chi connectivity index (χ2n) is 7.12. The molecule has 3 heterocycles. The van der Waals surface area contributed by atoms with Gasteiger partial charge in [-0.15, -0.1) is 0 Å². The van der Waals surface area contributed by atoms with Gasteiger partial charge in [0.25, 0.3) is 0 Å². The van der Waals surface area contributed by atoms with E-state index in [1.807, 2.05) is 12.1 Å². The fraction of sp³-hybridized carbons (Fsp3) is 0.550. The number of hydrogen-bond donors (Lipinski definition) is 1. The second kappa shape index (κ2) is 7.78. The zero-order valence-corrected chi connectivity index (χ0v) is 16.2. The van der Waals surface area contributed by atoms with E-state index in [1.54, 1.807) is 21.3 Å². The van der Waals surface area contributed by atoms with Gasteiger partial charge in [-0.25, -0.2) is 0 Å². The normalized spacial score (nSPS) is 19.7. The van der Waals surface area contributed by atoms with Crippen molar-refractivity contribution < 1.29 is 18.9 Å². The van der Waals surface area contributed by atoms with Gasteiger partial charge in [0, 0.05) is 36.7 Å². The molecule has 1 aromatic heterocycles. The zero-order chi connectivity index (χ0) is 18.8. The Balaban J connectivity index is 1.48. The number of likely N-dealkylation sites (tertiary alicyclic amines) is 1. The highest BCUT2D eigenvalue weighted by Gasteiger charge is 2.30. The molecule has 0 saturated carbocycles. The lowest BCUT2D eigenvalue weighted by atomic mass is 9.98. The molecule has 1 unspecified atom stereocenters.